The second-order valence-electron chi connectivity index (χ2n) is 5.12. The summed E-state index contributed by atoms with van der Waals surface area (Å²) >= 11 is 0. The Morgan fingerprint density at radius 1 is 1.40 bits per heavy atom. The third-order valence-corrected chi connectivity index (χ3v) is 3.93. The van der Waals surface area contributed by atoms with Crippen molar-refractivity contribution < 1.29 is 4.79 Å². The molecule has 0 atom stereocenters. The third-order valence-electron chi connectivity index (χ3n) is 3.93. The van der Waals surface area contributed by atoms with Crippen LogP contribution in [0.15, 0.2) is 30.3 Å². The van der Waals surface area contributed by atoms with Crippen LogP contribution in [0, 0.1) is 0 Å². The number of aromatic amines is 1. The fraction of sp³-hybridized carbons (Fsp3) is 0.312. The Hall–Kier alpha value is -2.07. The summed E-state index contributed by atoms with van der Waals surface area (Å²) in [5.41, 5.74) is 4.51. The first-order chi connectivity index (χ1) is 9.80. The average molecular weight is 269 g/mol. The van der Waals surface area contributed by atoms with Gasteiger partial charge in [-0.05, 0) is 42.8 Å². The Morgan fingerprint density at radius 3 is 3.00 bits per heavy atom. The predicted molar refractivity (Wildman–Crippen MR) is 82.7 cm³/mol. The van der Waals surface area contributed by atoms with Crippen LogP contribution in [0.1, 0.15) is 19.0 Å². The number of H-pyrrole nitrogens is 1. The zero-order chi connectivity index (χ0) is 13.9. The van der Waals surface area contributed by atoms with E-state index < -0.39 is 0 Å². The Morgan fingerprint density at radius 2 is 2.30 bits per heavy atom. The molecule has 1 aliphatic heterocycles. The number of rotatable bonds is 4. The molecule has 3 rings (SSSR count). The van der Waals surface area contributed by atoms with E-state index in [0.29, 0.717) is 6.41 Å². The molecule has 2 aromatic rings. The fourth-order valence-corrected chi connectivity index (χ4v) is 2.71. The maximum Gasteiger partial charge on any atom is 0.211 e. The molecule has 0 unspecified atom stereocenters. The quantitative estimate of drug-likeness (QED) is 0.838. The van der Waals surface area contributed by atoms with Crippen molar-refractivity contribution >= 4 is 28.6 Å². The lowest BCUT2D eigenvalue weighted by Gasteiger charge is -2.24. The molecule has 2 N–H and O–H groups in total. The molecule has 1 aliphatic rings. The largest absolute Gasteiger partial charge is 0.355 e. The van der Waals surface area contributed by atoms with Gasteiger partial charge in [0.1, 0.15) is 0 Å². The number of hydrogen-bond donors (Lipinski definition) is 2. The smallest absolute Gasteiger partial charge is 0.211 e. The summed E-state index contributed by atoms with van der Waals surface area (Å²) in [6.45, 7) is 5.45. The van der Waals surface area contributed by atoms with E-state index in [1.807, 2.05) is 18.2 Å². The Labute approximate surface area is 118 Å². The van der Waals surface area contributed by atoms with Crippen LogP contribution in [0.25, 0.3) is 16.5 Å². The molecule has 104 valence electrons. The van der Waals surface area contributed by atoms with Gasteiger partial charge in [-0.1, -0.05) is 13.0 Å². The van der Waals surface area contributed by atoms with Gasteiger partial charge in [-0.3, -0.25) is 9.69 Å². The van der Waals surface area contributed by atoms with E-state index in [2.05, 4.69) is 34.3 Å². The minimum Gasteiger partial charge on any atom is -0.355 e. The minimum absolute atomic E-state index is 0.706. The number of fused-ring (bicyclic) bond motifs is 1. The van der Waals surface area contributed by atoms with E-state index in [9.17, 15) is 4.79 Å². The lowest BCUT2D eigenvalue weighted by Crippen LogP contribution is -2.28. The highest BCUT2D eigenvalue weighted by atomic mass is 16.1. The molecule has 0 saturated carbocycles. The fourth-order valence-electron chi connectivity index (χ4n) is 2.71. The van der Waals surface area contributed by atoms with E-state index in [1.54, 1.807) is 0 Å². The topological polar surface area (TPSA) is 48.1 Å². The van der Waals surface area contributed by atoms with E-state index in [0.717, 1.165) is 42.6 Å². The molecule has 20 heavy (non-hydrogen) atoms. The first kappa shape index (κ1) is 12.9. The summed E-state index contributed by atoms with van der Waals surface area (Å²) in [4.78, 5) is 16.4. The second kappa shape index (κ2) is 5.51. The molecule has 0 bridgehead atoms. The van der Waals surface area contributed by atoms with Gasteiger partial charge in [-0.2, -0.15) is 0 Å². The van der Waals surface area contributed by atoms with Crippen LogP contribution in [0.3, 0.4) is 0 Å². The van der Waals surface area contributed by atoms with Crippen molar-refractivity contribution in [3.05, 3.63) is 36.0 Å². The van der Waals surface area contributed by atoms with Crippen molar-refractivity contribution in [3.63, 3.8) is 0 Å². The number of benzene rings is 1. The summed E-state index contributed by atoms with van der Waals surface area (Å²) in [6.07, 6.45) is 4.10. The highest BCUT2D eigenvalue weighted by Gasteiger charge is 2.13. The van der Waals surface area contributed by atoms with Crippen molar-refractivity contribution in [2.24, 2.45) is 0 Å². The van der Waals surface area contributed by atoms with Crippen LogP contribution in [-0.2, 0) is 4.79 Å². The van der Waals surface area contributed by atoms with Crippen LogP contribution < -0.4 is 5.32 Å². The molecule has 0 aliphatic carbocycles. The number of nitrogens with one attached hydrogen (secondary N) is 2. The van der Waals surface area contributed by atoms with Crippen molar-refractivity contribution in [1.29, 1.82) is 0 Å². The molecular formula is C16H19N3O. The monoisotopic (exact) mass is 269 g/mol. The van der Waals surface area contributed by atoms with E-state index in [-0.39, 0.29) is 0 Å². The summed E-state index contributed by atoms with van der Waals surface area (Å²) in [5.74, 6) is 0. The summed E-state index contributed by atoms with van der Waals surface area (Å²) in [6, 6.07) is 8.07. The van der Waals surface area contributed by atoms with Crippen LogP contribution in [0.2, 0.25) is 0 Å². The number of aromatic nitrogens is 1. The van der Waals surface area contributed by atoms with Gasteiger partial charge in [-0.15, -0.1) is 0 Å². The van der Waals surface area contributed by atoms with Crippen molar-refractivity contribution in [3.8, 4) is 0 Å². The number of carbonyl (C=O) groups is 1. The molecule has 4 nitrogen and oxygen atoms in total. The number of nitrogens with zero attached hydrogens (tertiary/aromatic N) is 1. The van der Waals surface area contributed by atoms with Crippen molar-refractivity contribution in [2.45, 2.75) is 13.3 Å². The first-order valence-electron chi connectivity index (χ1n) is 7.05. The first-order valence-corrected chi connectivity index (χ1v) is 7.05. The zero-order valence-corrected chi connectivity index (χ0v) is 11.6. The van der Waals surface area contributed by atoms with Crippen molar-refractivity contribution in [1.82, 2.24) is 9.88 Å². The standard InChI is InChI=1S/C16H19N3O/c1-2-19-7-5-12(6-8-19)16-10-13-9-14(17-11-20)3-4-15(13)18-16/h3-5,9-11,18H,2,6-8H2,1H3,(H,17,20). The highest BCUT2D eigenvalue weighted by Crippen LogP contribution is 2.27. The maximum absolute atomic E-state index is 10.5. The molecule has 1 aromatic carbocycles. The van der Waals surface area contributed by atoms with Gasteiger partial charge in [0, 0.05) is 35.4 Å². The van der Waals surface area contributed by atoms with Gasteiger partial charge in [0.15, 0.2) is 0 Å². The van der Waals surface area contributed by atoms with E-state index in [1.165, 1.54) is 11.3 Å². The SMILES string of the molecule is CCN1CC=C(c2cc3cc(NC=O)ccc3[nH]2)CC1. The van der Waals surface area contributed by atoms with Gasteiger partial charge >= 0.3 is 0 Å². The minimum atomic E-state index is 0.706. The zero-order valence-electron chi connectivity index (χ0n) is 11.6. The summed E-state index contributed by atoms with van der Waals surface area (Å²) < 4.78 is 0. The molecule has 2 heterocycles. The Bertz CT molecular complexity index is 657. The normalized spacial score (nSPS) is 16.1. The Balaban J connectivity index is 1.89. The second-order valence-corrected chi connectivity index (χ2v) is 5.12. The lowest BCUT2D eigenvalue weighted by molar-refractivity contribution is -0.105. The van der Waals surface area contributed by atoms with Gasteiger partial charge in [0.05, 0.1) is 0 Å². The highest BCUT2D eigenvalue weighted by molar-refractivity contribution is 5.89. The van der Waals surface area contributed by atoms with Crippen LogP contribution in [-0.4, -0.2) is 35.9 Å². The number of hydrogen-bond acceptors (Lipinski definition) is 2. The van der Waals surface area contributed by atoms with Crippen LogP contribution >= 0.6 is 0 Å². The van der Waals surface area contributed by atoms with E-state index >= 15 is 0 Å². The third kappa shape index (κ3) is 2.47. The van der Waals surface area contributed by atoms with Gasteiger partial charge in [0.2, 0.25) is 6.41 Å². The molecule has 1 amide bonds. The van der Waals surface area contributed by atoms with Gasteiger partial charge < -0.3 is 10.3 Å². The average Bonchev–Trinajstić information content (AvgIpc) is 2.91. The predicted octanol–water partition coefficient (Wildman–Crippen LogP) is 2.85. The van der Waals surface area contributed by atoms with Gasteiger partial charge in [-0.25, -0.2) is 0 Å². The molecule has 0 spiro atoms. The molecule has 1 aromatic heterocycles. The van der Waals surface area contributed by atoms with Gasteiger partial charge in [0.25, 0.3) is 0 Å². The van der Waals surface area contributed by atoms with E-state index in [4.69, 9.17) is 0 Å². The molecule has 4 heteroatoms. The van der Waals surface area contributed by atoms with Crippen molar-refractivity contribution in [2.75, 3.05) is 25.0 Å². The van der Waals surface area contributed by atoms with Crippen LogP contribution in [0.4, 0.5) is 5.69 Å². The lowest BCUT2D eigenvalue weighted by atomic mass is 10.0. The molecule has 0 fully saturated rings. The summed E-state index contributed by atoms with van der Waals surface area (Å²) in [7, 11) is 0. The number of amides is 1. The number of carbonyl (C=O) groups excluding carboxylic acids is 1. The number of likely N-dealkylation sites (N-methyl/N-ethyl adjacent to an activating group) is 1. The maximum atomic E-state index is 10.5. The molecule has 0 radical (unpaired) electrons. The van der Waals surface area contributed by atoms with Crippen LogP contribution in [0.5, 0.6) is 0 Å². The summed E-state index contributed by atoms with van der Waals surface area (Å²) in [5, 5.41) is 3.82. The number of anilines is 1. The molecular weight excluding hydrogens is 250 g/mol. The Kier molecular flexibility index (Phi) is 3.56. The molecule has 0 saturated heterocycles.